The van der Waals surface area contributed by atoms with Gasteiger partial charge in [0, 0.05) is 0 Å². The second-order valence-corrected chi connectivity index (χ2v) is 8.91. The predicted molar refractivity (Wildman–Crippen MR) is 89.3 cm³/mol. The van der Waals surface area contributed by atoms with E-state index in [1.54, 1.807) is 0 Å². The molecule has 21 heavy (non-hydrogen) atoms. The van der Waals surface area contributed by atoms with E-state index in [1.807, 2.05) is 0 Å². The number of benzene rings is 2. The second kappa shape index (κ2) is 8.93. The molecular formula is C18H18Cl2Zr. The molecule has 2 aromatic carbocycles. The molecule has 0 radical (unpaired) electrons. The van der Waals surface area contributed by atoms with Gasteiger partial charge in [-0.2, -0.15) is 0 Å². The fourth-order valence-electron chi connectivity index (χ4n) is 2.78. The first-order chi connectivity index (χ1) is 10.3. The molecule has 2 aromatic rings. The second-order valence-electron chi connectivity index (χ2n) is 5.18. The Morgan fingerprint density at radius 3 is 2.33 bits per heavy atom. The van der Waals surface area contributed by atoms with Crippen LogP contribution in [0.15, 0.2) is 60.7 Å². The Hall–Kier alpha value is -0.357. The van der Waals surface area contributed by atoms with Gasteiger partial charge in [0.2, 0.25) is 0 Å². The summed E-state index contributed by atoms with van der Waals surface area (Å²) in [6, 6.07) is 19.6. The van der Waals surface area contributed by atoms with E-state index in [9.17, 15) is 0 Å². The molecule has 0 spiro atoms. The fourth-order valence-corrected chi connectivity index (χ4v) is 2.78. The summed E-state index contributed by atoms with van der Waals surface area (Å²) in [5.74, 6) is 0.587. The van der Waals surface area contributed by atoms with Gasteiger partial charge in [0.1, 0.15) is 0 Å². The zero-order valence-corrected chi connectivity index (χ0v) is 16.0. The number of rotatable bonds is 3. The zero-order chi connectivity index (χ0) is 15.1. The van der Waals surface area contributed by atoms with E-state index in [-0.39, 0.29) is 0 Å². The van der Waals surface area contributed by atoms with Crippen LogP contribution in [0.1, 0.15) is 36.0 Å². The van der Waals surface area contributed by atoms with Crippen LogP contribution in [-0.4, -0.2) is 0 Å². The molecule has 0 N–H and O–H groups in total. The molecule has 0 heterocycles. The molecule has 0 aromatic heterocycles. The van der Waals surface area contributed by atoms with Crippen LogP contribution in [0.25, 0.3) is 5.57 Å². The first kappa shape index (κ1) is 17.0. The summed E-state index contributed by atoms with van der Waals surface area (Å²) >= 11 is -0.826. The maximum atomic E-state index is 4.93. The number of hydrogen-bond donors (Lipinski definition) is 0. The van der Waals surface area contributed by atoms with E-state index in [0.717, 1.165) is 12.8 Å². The molecule has 3 heteroatoms. The number of fused-ring (bicyclic) bond motifs is 1. The van der Waals surface area contributed by atoms with Crippen molar-refractivity contribution in [2.75, 3.05) is 0 Å². The Kier molecular flexibility index (Phi) is 7.23. The molecule has 0 fully saturated rings. The Morgan fingerprint density at radius 2 is 1.62 bits per heavy atom. The molecule has 0 bridgehead atoms. The molecule has 0 aliphatic heterocycles. The van der Waals surface area contributed by atoms with Crippen molar-refractivity contribution < 1.29 is 20.8 Å². The quantitative estimate of drug-likeness (QED) is 0.580. The minimum atomic E-state index is -0.826. The van der Waals surface area contributed by atoms with Crippen molar-refractivity contribution in [1.82, 2.24) is 0 Å². The van der Waals surface area contributed by atoms with E-state index in [1.165, 1.54) is 22.3 Å². The van der Waals surface area contributed by atoms with Crippen molar-refractivity contribution in [3.63, 3.8) is 0 Å². The first-order valence-electron chi connectivity index (χ1n) is 7.04. The van der Waals surface area contributed by atoms with Crippen LogP contribution in [0.5, 0.6) is 0 Å². The standard InChI is InChI=1S/C18H18.2ClH.Zr/c1-14(15-7-3-2-4-8-15)13-17-12-11-16-9-5-6-10-18(16)17;;;/h2-10,12,14H,11,13H2,1H3;2*1H;/q;;;+2/p-2. The summed E-state index contributed by atoms with van der Waals surface area (Å²) in [6.07, 6.45) is 4.64. The topological polar surface area (TPSA) is 0 Å². The predicted octanol–water partition coefficient (Wildman–Crippen LogP) is 6.20. The van der Waals surface area contributed by atoms with Gasteiger partial charge < -0.3 is 0 Å². The number of hydrogen-bond acceptors (Lipinski definition) is 0. The van der Waals surface area contributed by atoms with Crippen LogP contribution in [-0.2, 0) is 27.3 Å². The van der Waals surface area contributed by atoms with Gasteiger partial charge in [-0.15, -0.1) is 0 Å². The maximum absolute atomic E-state index is 4.93. The van der Waals surface area contributed by atoms with Crippen molar-refractivity contribution in [2.45, 2.75) is 25.7 Å². The molecule has 0 saturated heterocycles. The summed E-state index contributed by atoms with van der Waals surface area (Å²) in [5, 5.41) is 0. The van der Waals surface area contributed by atoms with Crippen LogP contribution in [0.4, 0.5) is 0 Å². The van der Waals surface area contributed by atoms with E-state index in [4.69, 9.17) is 17.0 Å². The van der Waals surface area contributed by atoms with Gasteiger partial charge in [-0.1, -0.05) is 67.6 Å². The number of halogens is 2. The molecule has 3 rings (SSSR count). The van der Waals surface area contributed by atoms with Gasteiger partial charge in [-0.3, -0.25) is 0 Å². The van der Waals surface area contributed by atoms with Crippen LogP contribution in [0, 0.1) is 0 Å². The molecule has 108 valence electrons. The Balaban J connectivity index is 0.000000497. The van der Waals surface area contributed by atoms with Crippen molar-refractivity contribution >= 4 is 22.6 Å². The molecule has 1 aliphatic rings. The normalized spacial score (nSPS) is 13.6. The molecule has 1 aliphatic carbocycles. The minimum absolute atomic E-state index is 0.587. The zero-order valence-electron chi connectivity index (χ0n) is 12.0. The van der Waals surface area contributed by atoms with Gasteiger partial charge in [0.25, 0.3) is 0 Å². The van der Waals surface area contributed by atoms with Gasteiger partial charge in [0.05, 0.1) is 0 Å². The Bertz CT molecular complexity index is 593. The third-order valence-corrected chi connectivity index (χ3v) is 3.83. The molecule has 0 saturated carbocycles. The Morgan fingerprint density at radius 1 is 1.00 bits per heavy atom. The molecule has 1 unspecified atom stereocenters. The van der Waals surface area contributed by atoms with Crippen LogP contribution < -0.4 is 0 Å². The average molecular weight is 396 g/mol. The van der Waals surface area contributed by atoms with E-state index >= 15 is 0 Å². The SMILES string of the molecule is CC(CC1=CCc2ccccc21)c1ccccc1.[Cl][Zr][Cl]. The van der Waals surface area contributed by atoms with Crippen LogP contribution >= 0.6 is 17.0 Å². The molecular weight excluding hydrogens is 378 g/mol. The first-order valence-corrected chi connectivity index (χ1v) is 13.4. The Labute approximate surface area is 145 Å². The number of allylic oxidation sites excluding steroid dienone is 2. The van der Waals surface area contributed by atoms with Crippen molar-refractivity contribution in [3.8, 4) is 0 Å². The van der Waals surface area contributed by atoms with Crippen molar-refractivity contribution in [2.24, 2.45) is 0 Å². The van der Waals surface area contributed by atoms with Gasteiger partial charge in [0.15, 0.2) is 0 Å². The molecule has 1 atom stereocenters. The van der Waals surface area contributed by atoms with Gasteiger partial charge >= 0.3 is 37.9 Å². The molecule has 0 nitrogen and oxygen atoms in total. The molecule has 0 amide bonds. The van der Waals surface area contributed by atoms with Crippen molar-refractivity contribution in [3.05, 3.63) is 77.4 Å². The summed E-state index contributed by atoms with van der Waals surface area (Å²) in [7, 11) is 9.87. The summed E-state index contributed by atoms with van der Waals surface area (Å²) in [4.78, 5) is 0. The van der Waals surface area contributed by atoms with E-state index in [2.05, 4.69) is 67.6 Å². The fraction of sp³-hybridized carbons (Fsp3) is 0.222. The van der Waals surface area contributed by atoms with Gasteiger partial charge in [-0.25, -0.2) is 0 Å². The average Bonchev–Trinajstić information content (AvgIpc) is 2.92. The third-order valence-electron chi connectivity index (χ3n) is 3.83. The summed E-state index contributed by atoms with van der Waals surface area (Å²) in [5.41, 5.74) is 5.89. The van der Waals surface area contributed by atoms with E-state index in [0.29, 0.717) is 5.92 Å². The summed E-state index contributed by atoms with van der Waals surface area (Å²) in [6.45, 7) is 2.32. The van der Waals surface area contributed by atoms with Gasteiger partial charge in [-0.05, 0) is 41.0 Å². The van der Waals surface area contributed by atoms with E-state index < -0.39 is 20.8 Å². The van der Waals surface area contributed by atoms with Crippen LogP contribution in [0.2, 0.25) is 0 Å². The monoisotopic (exact) mass is 394 g/mol. The third kappa shape index (κ3) is 4.81. The summed E-state index contributed by atoms with van der Waals surface area (Å²) < 4.78 is 0. The van der Waals surface area contributed by atoms with Crippen molar-refractivity contribution in [1.29, 1.82) is 0 Å². The van der Waals surface area contributed by atoms with Crippen LogP contribution in [0.3, 0.4) is 0 Å².